The lowest BCUT2D eigenvalue weighted by Crippen LogP contribution is -2.35. The second-order valence-corrected chi connectivity index (χ2v) is 5.01. The number of esters is 1. The number of amides is 1. The number of carbonyl (C=O) groups is 2. The fourth-order valence-electron chi connectivity index (χ4n) is 2.48. The average molecular weight is 293 g/mol. The molecule has 0 spiro atoms. The van der Waals surface area contributed by atoms with E-state index in [-0.39, 0.29) is 5.91 Å². The second kappa shape index (κ2) is 5.85. The molecule has 0 saturated heterocycles. The number of carbonyl (C=O) groups excluding carboxylic acids is 2. The summed E-state index contributed by atoms with van der Waals surface area (Å²) in [5.74, 6) is -0.841. The molecule has 0 bridgehead atoms. The summed E-state index contributed by atoms with van der Waals surface area (Å²) in [6, 6.07) is 13.7. The minimum atomic E-state index is -0.909. The molecule has 0 saturated carbocycles. The van der Waals surface area contributed by atoms with Crippen LogP contribution < -0.4 is 5.32 Å². The molecule has 1 atom stereocenters. The Morgan fingerprint density at radius 2 is 2.00 bits per heavy atom. The van der Waals surface area contributed by atoms with E-state index in [1.54, 1.807) is 6.08 Å². The zero-order valence-corrected chi connectivity index (χ0v) is 11.9. The van der Waals surface area contributed by atoms with Crippen LogP contribution in [-0.2, 0) is 14.3 Å². The van der Waals surface area contributed by atoms with Gasteiger partial charge < -0.3 is 10.1 Å². The van der Waals surface area contributed by atoms with Gasteiger partial charge in [-0.2, -0.15) is 0 Å². The first-order valence-electron chi connectivity index (χ1n) is 6.99. The smallest absolute Gasteiger partial charge is 0.332 e. The van der Waals surface area contributed by atoms with Gasteiger partial charge in [-0.15, -0.1) is 6.58 Å². The van der Waals surface area contributed by atoms with Crippen LogP contribution in [0.15, 0.2) is 61.2 Å². The summed E-state index contributed by atoms with van der Waals surface area (Å²) in [5.41, 5.74) is 1.39. The number of hydrogen-bond acceptors (Lipinski definition) is 3. The summed E-state index contributed by atoms with van der Waals surface area (Å²) < 4.78 is 5.12. The average Bonchev–Trinajstić information content (AvgIpc) is 2.94. The van der Waals surface area contributed by atoms with E-state index < -0.39 is 12.1 Å². The first kappa shape index (κ1) is 14.1. The van der Waals surface area contributed by atoms with Crippen molar-refractivity contribution in [2.45, 2.75) is 6.10 Å². The maximum absolute atomic E-state index is 12.1. The van der Waals surface area contributed by atoms with Gasteiger partial charge in [0, 0.05) is 18.2 Å². The van der Waals surface area contributed by atoms with Crippen LogP contribution in [0.5, 0.6) is 0 Å². The van der Waals surface area contributed by atoms with Crippen LogP contribution in [-0.4, -0.2) is 24.5 Å². The van der Waals surface area contributed by atoms with Crippen molar-refractivity contribution in [3.8, 4) is 0 Å². The van der Waals surface area contributed by atoms with Gasteiger partial charge in [-0.3, -0.25) is 4.79 Å². The minimum absolute atomic E-state index is 0.331. The number of benzene rings is 2. The molecular formula is C18H15NO3. The molecule has 0 aromatic heterocycles. The van der Waals surface area contributed by atoms with Gasteiger partial charge >= 0.3 is 5.97 Å². The van der Waals surface area contributed by atoms with E-state index in [9.17, 15) is 9.59 Å². The Kier molecular flexibility index (Phi) is 3.74. The van der Waals surface area contributed by atoms with Gasteiger partial charge in [-0.25, -0.2) is 4.79 Å². The van der Waals surface area contributed by atoms with Gasteiger partial charge in [0.25, 0.3) is 5.91 Å². The summed E-state index contributed by atoms with van der Waals surface area (Å²) in [5, 5.41) is 4.81. The van der Waals surface area contributed by atoms with Crippen molar-refractivity contribution in [2.75, 3.05) is 6.54 Å². The van der Waals surface area contributed by atoms with E-state index in [0.29, 0.717) is 12.1 Å². The molecule has 22 heavy (non-hydrogen) atoms. The molecule has 2 aromatic carbocycles. The molecule has 0 fully saturated rings. The lowest BCUT2D eigenvalue weighted by atomic mass is 9.97. The van der Waals surface area contributed by atoms with Crippen LogP contribution >= 0.6 is 0 Å². The zero-order chi connectivity index (χ0) is 15.5. The Balaban J connectivity index is 1.95. The molecule has 3 rings (SSSR count). The van der Waals surface area contributed by atoms with E-state index in [2.05, 4.69) is 11.9 Å². The number of rotatable bonds is 4. The van der Waals surface area contributed by atoms with Crippen LogP contribution in [0.25, 0.3) is 16.3 Å². The van der Waals surface area contributed by atoms with Crippen molar-refractivity contribution in [1.29, 1.82) is 0 Å². The van der Waals surface area contributed by atoms with Crippen molar-refractivity contribution < 1.29 is 14.3 Å². The predicted molar refractivity (Wildman–Crippen MR) is 85.0 cm³/mol. The van der Waals surface area contributed by atoms with Crippen molar-refractivity contribution in [3.05, 3.63) is 66.8 Å². The quantitative estimate of drug-likeness (QED) is 0.696. The summed E-state index contributed by atoms with van der Waals surface area (Å²) in [7, 11) is 0. The molecular weight excluding hydrogens is 278 g/mol. The topological polar surface area (TPSA) is 55.4 Å². The lowest BCUT2D eigenvalue weighted by molar-refractivity contribution is -0.145. The highest BCUT2D eigenvalue weighted by Gasteiger charge is 2.33. The normalized spacial score (nSPS) is 17.0. The SMILES string of the molecule is C=CCNC(=O)C1OC(=O)C=C1c1ccc2ccccc2c1. The van der Waals surface area contributed by atoms with E-state index in [0.717, 1.165) is 16.3 Å². The molecule has 1 aliphatic rings. The molecule has 0 aliphatic carbocycles. The van der Waals surface area contributed by atoms with E-state index in [1.807, 2.05) is 42.5 Å². The van der Waals surface area contributed by atoms with Gasteiger partial charge in [0.2, 0.25) is 6.10 Å². The van der Waals surface area contributed by atoms with Gasteiger partial charge in [0.05, 0.1) is 0 Å². The Morgan fingerprint density at radius 3 is 2.77 bits per heavy atom. The minimum Gasteiger partial charge on any atom is -0.444 e. The maximum atomic E-state index is 12.1. The largest absolute Gasteiger partial charge is 0.444 e. The molecule has 4 nitrogen and oxygen atoms in total. The third kappa shape index (κ3) is 2.63. The number of nitrogens with one attached hydrogen (secondary N) is 1. The molecule has 4 heteroatoms. The highest BCUT2D eigenvalue weighted by molar-refractivity contribution is 6.07. The molecule has 2 aromatic rings. The Bertz CT molecular complexity index is 792. The van der Waals surface area contributed by atoms with Crippen LogP contribution in [0.3, 0.4) is 0 Å². The first-order valence-corrected chi connectivity index (χ1v) is 6.99. The summed E-state index contributed by atoms with van der Waals surface area (Å²) >= 11 is 0. The van der Waals surface area contributed by atoms with Crippen molar-refractivity contribution in [1.82, 2.24) is 5.32 Å². The van der Waals surface area contributed by atoms with Crippen LogP contribution in [0.4, 0.5) is 0 Å². The maximum Gasteiger partial charge on any atom is 0.332 e. The molecule has 1 amide bonds. The monoisotopic (exact) mass is 293 g/mol. The predicted octanol–water partition coefficient (Wildman–Crippen LogP) is 2.45. The molecule has 1 aliphatic heterocycles. The molecule has 1 N–H and O–H groups in total. The molecule has 0 radical (unpaired) electrons. The Hall–Kier alpha value is -2.88. The summed E-state index contributed by atoms with van der Waals surface area (Å²) in [6.07, 6.45) is 2.05. The molecule has 110 valence electrons. The van der Waals surface area contributed by atoms with Gasteiger partial charge in [-0.1, -0.05) is 42.5 Å². The highest BCUT2D eigenvalue weighted by atomic mass is 16.6. The Morgan fingerprint density at radius 1 is 1.23 bits per heavy atom. The van der Waals surface area contributed by atoms with E-state index in [1.165, 1.54) is 6.08 Å². The number of fused-ring (bicyclic) bond motifs is 1. The Labute approximate surface area is 128 Å². The van der Waals surface area contributed by atoms with E-state index in [4.69, 9.17) is 4.74 Å². The standard InChI is InChI=1S/C18H15NO3/c1-2-9-19-18(21)17-15(11-16(20)22-17)14-8-7-12-5-3-4-6-13(12)10-14/h2-8,10-11,17H,1,9H2,(H,19,21). The van der Waals surface area contributed by atoms with E-state index >= 15 is 0 Å². The third-order valence-electron chi connectivity index (χ3n) is 3.53. The summed E-state index contributed by atoms with van der Waals surface area (Å²) in [4.78, 5) is 23.7. The van der Waals surface area contributed by atoms with Crippen LogP contribution in [0.2, 0.25) is 0 Å². The zero-order valence-electron chi connectivity index (χ0n) is 11.9. The molecule has 1 unspecified atom stereocenters. The number of ether oxygens (including phenoxy) is 1. The summed E-state index contributed by atoms with van der Waals surface area (Å²) in [6.45, 7) is 3.88. The van der Waals surface area contributed by atoms with Crippen LogP contribution in [0.1, 0.15) is 5.56 Å². The molecule has 1 heterocycles. The van der Waals surface area contributed by atoms with Crippen molar-refractivity contribution in [3.63, 3.8) is 0 Å². The van der Waals surface area contributed by atoms with Gasteiger partial charge in [0.15, 0.2) is 0 Å². The van der Waals surface area contributed by atoms with Gasteiger partial charge in [0.1, 0.15) is 0 Å². The third-order valence-corrected chi connectivity index (χ3v) is 3.53. The number of hydrogen-bond donors (Lipinski definition) is 1. The highest BCUT2D eigenvalue weighted by Crippen LogP contribution is 2.29. The first-order chi connectivity index (χ1) is 10.7. The number of cyclic esters (lactones) is 1. The van der Waals surface area contributed by atoms with Crippen molar-refractivity contribution >= 4 is 28.2 Å². The van der Waals surface area contributed by atoms with Crippen LogP contribution in [0, 0.1) is 0 Å². The fourth-order valence-corrected chi connectivity index (χ4v) is 2.48. The van der Waals surface area contributed by atoms with Crippen molar-refractivity contribution in [2.24, 2.45) is 0 Å². The van der Waals surface area contributed by atoms with Gasteiger partial charge in [-0.05, 0) is 22.4 Å². The fraction of sp³-hybridized carbons (Fsp3) is 0.111. The lowest BCUT2D eigenvalue weighted by Gasteiger charge is -2.14. The second-order valence-electron chi connectivity index (χ2n) is 5.01.